The lowest BCUT2D eigenvalue weighted by atomic mass is 10.1. The first kappa shape index (κ1) is 19.1. The number of halogens is 1. The number of methoxy groups -OCH3 is 1. The normalized spacial score (nSPS) is 10.2. The largest absolute Gasteiger partial charge is 0.497 e. The Kier molecular flexibility index (Phi) is 5.69. The Morgan fingerprint density at radius 1 is 0.857 bits per heavy atom. The topological polar surface area (TPSA) is 67.4 Å². The number of anilines is 2. The Morgan fingerprint density at radius 3 is 2.25 bits per heavy atom. The SMILES string of the molecule is COc1ccc(C(=O)Nc2ccccc2C(=O)Nc2cc(C)ccc2F)cc1. The number of para-hydroxylation sites is 1. The lowest BCUT2D eigenvalue weighted by molar-refractivity contribution is 0.102. The number of hydrogen-bond acceptors (Lipinski definition) is 3. The third-order valence-corrected chi connectivity index (χ3v) is 4.14. The highest BCUT2D eigenvalue weighted by atomic mass is 19.1. The van der Waals surface area contributed by atoms with Gasteiger partial charge in [-0.1, -0.05) is 18.2 Å². The molecule has 0 aliphatic carbocycles. The molecule has 0 aromatic heterocycles. The van der Waals surface area contributed by atoms with Gasteiger partial charge in [-0.15, -0.1) is 0 Å². The summed E-state index contributed by atoms with van der Waals surface area (Å²) in [6.45, 7) is 1.80. The van der Waals surface area contributed by atoms with Crippen molar-refractivity contribution >= 4 is 23.2 Å². The van der Waals surface area contributed by atoms with E-state index in [0.29, 0.717) is 17.0 Å². The maximum Gasteiger partial charge on any atom is 0.257 e. The third-order valence-electron chi connectivity index (χ3n) is 4.14. The summed E-state index contributed by atoms with van der Waals surface area (Å²) < 4.78 is 19.0. The van der Waals surface area contributed by atoms with Crippen LogP contribution in [-0.4, -0.2) is 18.9 Å². The van der Waals surface area contributed by atoms with E-state index in [1.54, 1.807) is 74.7 Å². The van der Waals surface area contributed by atoms with Gasteiger partial charge in [0.2, 0.25) is 0 Å². The number of ether oxygens (including phenoxy) is 1. The summed E-state index contributed by atoms with van der Waals surface area (Å²) in [5.41, 5.74) is 1.87. The summed E-state index contributed by atoms with van der Waals surface area (Å²) in [5, 5.41) is 5.28. The molecule has 2 N–H and O–H groups in total. The third kappa shape index (κ3) is 4.35. The molecule has 0 bridgehead atoms. The average molecular weight is 378 g/mol. The fourth-order valence-corrected chi connectivity index (χ4v) is 2.65. The maximum absolute atomic E-state index is 13.9. The van der Waals surface area contributed by atoms with E-state index >= 15 is 0 Å². The van der Waals surface area contributed by atoms with Gasteiger partial charge >= 0.3 is 0 Å². The fraction of sp³-hybridized carbons (Fsp3) is 0.0909. The van der Waals surface area contributed by atoms with Gasteiger partial charge in [0, 0.05) is 5.56 Å². The molecule has 0 heterocycles. The van der Waals surface area contributed by atoms with Crippen LogP contribution in [0.3, 0.4) is 0 Å². The molecule has 0 unspecified atom stereocenters. The number of rotatable bonds is 5. The molecule has 0 saturated carbocycles. The molecule has 2 amide bonds. The number of amides is 2. The van der Waals surface area contributed by atoms with Crippen molar-refractivity contribution < 1.29 is 18.7 Å². The van der Waals surface area contributed by atoms with Gasteiger partial charge in [0.05, 0.1) is 24.0 Å². The average Bonchev–Trinajstić information content (AvgIpc) is 2.71. The van der Waals surface area contributed by atoms with Crippen molar-refractivity contribution in [2.45, 2.75) is 6.92 Å². The van der Waals surface area contributed by atoms with E-state index in [9.17, 15) is 14.0 Å². The zero-order chi connectivity index (χ0) is 20.1. The van der Waals surface area contributed by atoms with E-state index in [1.807, 2.05) is 0 Å². The van der Waals surface area contributed by atoms with Crippen molar-refractivity contribution in [3.05, 3.63) is 89.2 Å². The second-order valence-electron chi connectivity index (χ2n) is 6.17. The second-order valence-corrected chi connectivity index (χ2v) is 6.17. The van der Waals surface area contributed by atoms with Crippen LogP contribution in [0.4, 0.5) is 15.8 Å². The molecule has 6 heteroatoms. The minimum atomic E-state index is -0.529. The quantitative estimate of drug-likeness (QED) is 0.679. The molecule has 3 rings (SSSR count). The molecule has 0 saturated heterocycles. The summed E-state index contributed by atoms with van der Waals surface area (Å²) >= 11 is 0. The Balaban J connectivity index is 1.81. The zero-order valence-electron chi connectivity index (χ0n) is 15.5. The zero-order valence-corrected chi connectivity index (χ0v) is 15.5. The summed E-state index contributed by atoms with van der Waals surface area (Å²) in [4.78, 5) is 25.2. The molecule has 142 valence electrons. The molecule has 0 atom stereocenters. The first-order valence-electron chi connectivity index (χ1n) is 8.60. The first-order valence-corrected chi connectivity index (χ1v) is 8.60. The van der Waals surface area contributed by atoms with Crippen LogP contribution in [0.5, 0.6) is 5.75 Å². The number of carbonyl (C=O) groups excluding carboxylic acids is 2. The molecule has 0 aliphatic heterocycles. The van der Waals surface area contributed by atoms with Crippen molar-refractivity contribution in [3.63, 3.8) is 0 Å². The highest BCUT2D eigenvalue weighted by Crippen LogP contribution is 2.21. The highest BCUT2D eigenvalue weighted by molar-refractivity contribution is 6.12. The van der Waals surface area contributed by atoms with Crippen molar-refractivity contribution in [2.24, 2.45) is 0 Å². The van der Waals surface area contributed by atoms with Gasteiger partial charge in [0.25, 0.3) is 11.8 Å². The number of nitrogens with one attached hydrogen (secondary N) is 2. The predicted molar refractivity (Wildman–Crippen MR) is 106 cm³/mol. The van der Waals surface area contributed by atoms with Gasteiger partial charge in [-0.2, -0.15) is 0 Å². The Hall–Kier alpha value is -3.67. The van der Waals surface area contributed by atoms with E-state index in [-0.39, 0.29) is 17.2 Å². The van der Waals surface area contributed by atoms with Crippen LogP contribution >= 0.6 is 0 Å². The molecule has 0 radical (unpaired) electrons. The Labute approximate surface area is 162 Å². The number of benzene rings is 3. The highest BCUT2D eigenvalue weighted by Gasteiger charge is 2.16. The monoisotopic (exact) mass is 378 g/mol. The van der Waals surface area contributed by atoms with Crippen LogP contribution in [-0.2, 0) is 0 Å². The van der Waals surface area contributed by atoms with Gasteiger partial charge in [0.1, 0.15) is 11.6 Å². The van der Waals surface area contributed by atoms with Crippen molar-refractivity contribution in [3.8, 4) is 5.75 Å². The van der Waals surface area contributed by atoms with Gasteiger partial charge < -0.3 is 15.4 Å². The molecule has 3 aromatic carbocycles. The van der Waals surface area contributed by atoms with E-state index < -0.39 is 11.7 Å². The van der Waals surface area contributed by atoms with Crippen LogP contribution in [0.2, 0.25) is 0 Å². The lowest BCUT2D eigenvalue weighted by Crippen LogP contribution is -2.18. The predicted octanol–water partition coefficient (Wildman–Crippen LogP) is 4.65. The van der Waals surface area contributed by atoms with E-state index in [4.69, 9.17) is 4.74 Å². The van der Waals surface area contributed by atoms with Crippen molar-refractivity contribution in [1.29, 1.82) is 0 Å². The molecular weight excluding hydrogens is 359 g/mol. The number of aryl methyl sites for hydroxylation is 1. The van der Waals surface area contributed by atoms with Crippen LogP contribution < -0.4 is 15.4 Å². The van der Waals surface area contributed by atoms with Crippen LogP contribution in [0.15, 0.2) is 66.7 Å². The number of carbonyl (C=O) groups is 2. The minimum absolute atomic E-state index is 0.0845. The molecule has 28 heavy (non-hydrogen) atoms. The molecular formula is C22H19FN2O3. The summed E-state index contributed by atoms with van der Waals surface area (Å²) in [5.74, 6) is -0.782. The van der Waals surface area contributed by atoms with Gasteiger partial charge in [-0.05, 0) is 61.0 Å². The second kappa shape index (κ2) is 8.35. The molecule has 0 spiro atoms. The minimum Gasteiger partial charge on any atom is -0.497 e. The van der Waals surface area contributed by atoms with Gasteiger partial charge in [-0.25, -0.2) is 4.39 Å². The molecule has 3 aromatic rings. The molecule has 5 nitrogen and oxygen atoms in total. The molecule has 0 aliphatic rings. The number of hydrogen-bond donors (Lipinski definition) is 2. The smallest absolute Gasteiger partial charge is 0.257 e. The van der Waals surface area contributed by atoms with E-state index in [2.05, 4.69) is 10.6 Å². The van der Waals surface area contributed by atoms with E-state index in [0.717, 1.165) is 5.56 Å². The lowest BCUT2D eigenvalue weighted by Gasteiger charge is -2.12. The maximum atomic E-state index is 13.9. The van der Waals surface area contributed by atoms with E-state index in [1.165, 1.54) is 6.07 Å². The standard InChI is InChI=1S/C22H19FN2O3/c1-14-7-12-18(23)20(13-14)25-22(27)17-5-3-4-6-19(17)24-21(26)15-8-10-16(28-2)11-9-15/h3-13H,1-2H3,(H,24,26)(H,25,27). The Bertz CT molecular complexity index is 1020. The van der Waals surface area contributed by atoms with Crippen LogP contribution in [0.1, 0.15) is 26.3 Å². The molecule has 0 fully saturated rings. The fourth-order valence-electron chi connectivity index (χ4n) is 2.65. The van der Waals surface area contributed by atoms with Crippen molar-refractivity contribution in [1.82, 2.24) is 0 Å². The van der Waals surface area contributed by atoms with Crippen LogP contribution in [0, 0.1) is 12.7 Å². The van der Waals surface area contributed by atoms with Crippen LogP contribution in [0.25, 0.3) is 0 Å². The summed E-state index contributed by atoms with van der Waals surface area (Å²) in [6.07, 6.45) is 0. The van der Waals surface area contributed by atoms with Gasteiger partial charge in [-0.3, -0.25) is 9.59 Å². The first-order chi connectivity index (χ1) is 13.5. The van der Waals surface area contributed by atoms with Gasteiger partial charge in [0.15, 0.2) is 0 Å². The Morgan fingerprint density at radius 2 is 1.54 bits per heavy atom. The summed E-state index contributed by atoms with van der Waals surface area (Å²) in [7, 11) is 1.54. The summed E-state index contributed by atoms with van der Waals surface area (Å²) in [6, 6.07) is 17.6. The van der Waals surface area contributed by atoms with Crippen molar-refractivity contribution in [2.75, 3.05) is 17.7 Å².